The van der Waals surface area contributed by atoms with Gasteiger partial charge < -0.3 is 5.32 Å². The number of alkyl halides is 1. The van der Waals surface area contributed by atoms with Crippen LogP contribution in [-0.4, -0.2) is 11.1 Å². The Morgan fingerprint density at radius 2 is 1.87 bits per heavy atom. The number of hydrogen-bond acceptors (Lipinski definition) is 1. The number of nitrogens with one attached hydrogen (secondary N) is 1. The SMILES string of the molecule is CCCC(C)CCC(C)(C)CCNCI. The van der Waals surface area contributed by atoms with Crippen LogP contribution >= 0.6 is 22.6 Å². The Morgan fingerprint density at radius 3 is 2.40 bits per heavy atom. The van der Waals surface area contributed by atoms with Gasteiger partial charge >= 0.3 is 0 Å². The lowest BCUT2D eigenvalue weighted by molar-refractivity contribution is 0.271. The van der Waals surface area contributed by atoms with Crippen molar-refractivity contribution >= 4 is 22.6 Å². The fourth-order valence-electron chi connectivity index (χ4n) is 1.89. The van der Waals surface area contributed by atoms with E-state index in [4.69, 9.17) is 0 Å². The summed E-state index contributed by atoms with van der Waals surface area (Å²) in [5.41, 5.74) is 0.515. The van der Waals surface area contributed by atoms with Crippen molar-refractivity contribution in [1.29, 1.82) is 0 Å². The summed E-state index contributed by atoms with van der Waals surface area (Å²) in [7, 11) is 0. The normalized spacial score (nSPS) is 14.2. The largest absolute Gasteiger partial charge is 0.308 e. The second kappa shape index (κ2) is 8.80. The molecule has 0 saturated carbocycles. The summed E-state index contributed by atoms with van der Waals surface area (Å²) >= 11 is 2.37. The Hall–Kier alpha value is 0.690. The van der Waals surface area contributed by atoms with Crippen LogP contribution in [0.1, 0.15) is 59.8 Å². The zero-order valence-electron chi connectivity index (χ0n) is 10.9. The van der Waals surface area contributed by atoms with Crippen LogP contribution in [0, 0.1) is 11.3 Å². The van der Waals surface area contributed by atoms with E-state index in [1.54, 1.807) is 0 Å². The van der Waals surface area contributed by atoms with E-state index in [-0.39, 0.29) is 0 Å². The second-order valence-electron chi connectivity index (χ2n) is 5.48. The molecule has 0 aliphatic carbocycles. The molecule has 0 aromatic rings. The van der Waals surface area contributed by atoms with E-state index in [9.17, 15) is 0 Å². The van der Waals surface area contributed by atoms with Gasteiger partial charge in [0, 0.05) is 4.55 Å². The van der Waals surface area contributed by atoms with E-state index < -0.39 is 0 Å². The lowest BCUT2D eigenvalue weighted by Crippen LogP contribution is -2.21. The highest BCUT2D eigenvalue weighted by molar-refractivity contribution is 14.1. The van der Waals surface area contributed by atoms with E-state index in [1.165, 1.54) is 32.1 Å². The van der Waals surface area contributed by atoms with E-state index >= 15 is 0 Å². The first-order valence-corrected chi connectivity index (χ1v) is 7.81. The Labute approximate surface area is 110 Å². The van der Waals surface area contributed by atoms with Crippen molar-refractivity contribution in [3.63, 3.8) is 0 Å². The minimum absolute atomic E-state index is 0.515. The van der Waals surface area contributed by atoms with Gasteiger partial charge in [-0.3, -0.25) is 0 Å². The topological polar surface area (TPSA) is 12.0 Å². The molecule has 0 aromatic carbocycles. The Bertz CT molecular complexity index is 145. The van der Waals surface area contributed by atoms with Crippen LogP contribution in [0.15, 0.2) is 0 Å². The predicted octanol–water partition coefficient (Wildman–Crippen LogP) is 4.60. The third-order valence-electron chi connectivity index (χ3n) is 3.17. The molecule has 15 heavy (non-hydrogen) atoms. The molecule has 1 N–H and O–H groups in total. The Balaban J connectivity index is 3.62. The molecule has 0 radical (unpaired) electrons. The fourth-order valence-corrected chi connectivity index (χ4v) is 2.27. The van der Waals surface area contributed by atoms with E-state index in [0.29, 0.717) is 5.41 Å². The summed E-state index contributed by atoms with van der Waals surface area (Å²) in [6.45, 7) is 10.6. The summed E-state index contributed by atoms with van der Waals surface area (Å²) in [5.74, 6) is 0.909. The summed E-state index contributed by atoms with van der Waals surface area (Å²) < 4.78 is 1.07. The lowest BCUT2D eigenvalue weighted by atomic mass is 9.81. The highest BCUT2D eigenvalue weighted by Crippen LogP contribution is 2.29. The maximum atomic E-state index is 3.40. The second-order valence-corrected chi connectivity index (χ2v) is 6.24. The molecule has 0 bridgehead atoms. The summed E-state index contributed by atoms with van der Waals surface area (Å²) in [6.07, 6.45) is 6.79. The van der Waals surface area contributed by atoms with Gasteiger partial charge in [0.05, 0.1) is 0 Å². The van der Waals surface area contributed by atoms with Gasteiger partial charge in [0.1, 0.15) is 0 Å². The van der Waals surface area contributed by atoms with Crippen LogP contribution in [-0.2, 0) is 0 Å². The molecule has 0 fully saturated rings. The quantitative estimate of drug-likeness (QED) is 0.283. The number of rotatable bonds is 9. The first-order valence-electron chi connectivity index (χ1n) is 6.28. The smallest absolute Gasteiger partial charge is 0.0479 e. The number of hydrogen-bond donors (Lipinski definition) is 1. The maximum Gasteiger partial charge on any atom is 0.0479 e. The maximum absolute atomic E-state index is 3.40. The first-order chi connectivity index (χ1) is 7.02. The van der Waals surface area contributed by atoms with Gasteiger partial charge in [-0.15, -0.1) is 0 Å². The molecular weight excluding hydrogens is 297 g/mol. The molecule has 1 unspecified atom stereocenters. The van der Waals surface area contributed by atoms with Gasteiger partial charge in [-0.1, -0.05) is 69.5 Å². The van der Waals surface area contributed by atoms with Gasteiger partial charge in [0.15, 0.2) is 0 Å². The predicted molar refractivity (Wildman–Crippen MR) is 78.6 cm³/mol. The zero-order valence-corrected chi connectivity index (χ0v) is 13.1. The van der Waals surface area contributed by atoms with Crippen LogP contribution in [0.25, 0.3) is 0 Å². The van der Waals surface area contributed by atoms with Gasteiger partial charge in [-0.05, 0) is 30.7 Å². The van der Waals surface area contributed by atoms with Crippen molar-refractivity contribution in [3.05, 3.63) is 0 Å². The molecule has 0 saturated heterocycles. The average Bonchev–Trinajstić information content (AvgIpc) is 2.16. The molecule has 1 atom stereocenters. The fraction of sp³-hybridized carbons (Fsp3) is 1.00. The third kappa shape index (κ3) is 9.61. The van der Waals surface area contributed by atoms with Crippen molar-refractivity contribution in [2.24, 2.45) is 11.3 Å². The van der Waals surface area contributed by atoms with Gasteiger partial charge in [0.25, 0.3) is 0 Å². The summed E-state index contributed by atoms with van der Waals surface area (Å²) in [4.78, 5) is 0. The average molecular weight is 325 g/mol. The summed E-state index contributed by atoms with van der Waals surface area (Å²) in [5, 5.41) is 3.40. The van der Waals surface area contributed by atoms with E-state index in [2.05, 4.69) is 55.6 Å². The van der Waals surface area contributed by atoms with Crippen LogP contribution < -0.4 is 5.32 Å². The highest BCUT2D eigenvalue weighted by atomic mass is 127. The standard InChI is InChI=1S/C13H28IN/c1-5-6-12(2)7-8-13(3,4)9-10-15-11-14/h12,15H,5-11H2,1-4H3. The molecule has 0 amide bonds. The molecule has 0 heterocycles. The molecule has 0 rings (SSSR count). The van der Waals surface area contributed by atoms with Gasteiger partial charge in [-0.25, -0.2) is 0 Å². The van der Waals surface area contributed by atoms with Crippen molar-refractivity contribution in [1.82, 2.24) is 5.32 Å². The highest BCUT2D eigenvalue weighted by Gasteiger charge is 2.17. The van der Waals surface area contributed by atoms with Crippen molar-refractivity contribution in [3.8, 4) is 0 Å². The molecule has 0 aromatic heterocycles. The van der Waals surface area contributed by atoms with E-state index in [1.807, 2.05) is 0 Å². The first kappa shape index (κ1) is 15.7. The third-order valence-corrected chi connectivity index (χ3v) is 3.71. The minimum Gasteiger partial charge on any atom is -0.308 e. The summed E-state index contributed by atoms with van der Waals surface area (Å²) in [6, 6.07) is 0. The minimum atomic E-state index is 0.515. The Morgan fingerprint density at radius 1 is 1.20 bits per heavy atom. The molecule has 2 heteroatoms. The molecule has 1 nitrogen and oxygen atoms in total. The zero-order chi connectivity index (χ0) is 11.7. The lowest BCUT2D eigenvalue weighted by Gasteiger charge is -2.26. The number of halogens is 1. The van der Waals surface area contributed by atoms with E-state index in [0.717, 1.165) is 17.0 Å². The van der Waals surface area contributed by atoms with Crippen LogP contribution in [0.3, 0.4) is 0 Å². The van der Waals surface area contributed by atoms with Crippen molar-refractivity contribution in [2.45, 2.75) is 59.8 Å². The van der Waals surface area contributed by atoms with Gasteiger partial charge in [0.2, 0.25) is 0 Å². The molecule has 0 aliphatic heterocycles. The van der Waals surface area contributed by atoms with Crippen LogP contribution in [0.4, 0.5) is 0 Å². The van der Waals surface area contributed by atoms with Crippen molar-refractivity contribution < 1.29 is 0 Å². The Kier molecular flexibility index (Phi) is 9.20. The molecule has 0 aliphatic rings. The molecular formula is C13H28IN. The van der Waals surface area contributed by atoms with Crippen molar-refractivity contribution in [2.75, 3.05) is 11.1 Å². The van der Waals surface area contributed by atoms with Gasteiger partial charge in [-0.2, -0.15) is 0 Å². The molecule has 0 spiro atoms. The monoisotopic (exact) mass is 325 g/mol. The van der Waals surface area contributed by atoms with Crippen LogP contribution in [0.5, 0.6) is 0 Å². The molecule has 92 valence electrons. The van der Waals surface area contributed by atoms with Crippen LogP contribution in [0.2, 0.25) is 0 Å².